The highest BCUT2D eigenvalue weighted by atomic mass is 32.1. The molecule has 150 valence electrons. The van der Waals surface area contributed by atoms with Crippen LogP contribution < -0.4 is 15.4 Å². The Morgan fingerprint density at radius 3 is 2.36 bits per heavy atom. The van der Waals surface area contributed by atoms with Gasteiger partial charge in [-0.05, 0) is 41.6 Å². The minimum absolute atomic E-state index is 0.122. The highest BCUT2D eigenvalue weighted by molar-refractivity contribution is 7.12. The lowest BCUT2D eigenvalue weighted by molar-refractivity contribution is -0.135. The number of ether oxygens (including phenoxy) is 1. The molecule has 7 nitrogen and oxygen atoms in total. The van der Waals surface area contributed by atoms with Gasteiger partial charge in [-0.15, -0.1) is 11.3 Å². The number of likely N-dealkylation sites (N-methyl/N-ethyl adjacent to an activating group) is 1. The molecule has 2 aromatic rings. The number of anilines is 1. The average Bonchev–Trinajstić information content (AvgIpc) is 3.20. The van der Waals surface area contributed by atoms with Crippen LogP contribution >= 0.6 is 11.3 Å². The first kappa shape index (κ1) is 21.4. The summed E-state index contributed by atoms with van der Waals surface area (Å²) in [6, 6.07) is 9.68. The molecule has 1 unspecified atom stereocenters. The Morgan fingerprint density at radius 1 is 1.14 bits per heavy atom. The number of carbonyl (C=O) groups excluding carboxylic acids is 3. The molecule has 1 heterocycles. The molecule has 8 heteroatoms. The zero-order valence-corrected chi connectivity index (χ0v) is 17.2. The van der Waals surface area contributed by atoms with Crippen LogP contribution in [0.3, 0.4) is 0 Å². The second kappa shape index (κ2) is 9.89. The van der Waals surface area contributed by atoms with Gasteiger partial charge < -0.3 is 20.3 Å². The van der Waals surface area contributed by atoms with Crippen molar-refractivity contribution in [2.45, 2.75) is 19.9 Å². The Hall–Kier alpha value is -2.87. The molecule has 0 aliphatic heterocycles. The number of carbonyl (C=O) groups is 3. The first-order valence-corrected chi connectivity index (χ1v) is 9.73. The number of rotatable bonds is 8. The first-order chi connectivity index (χ1) is 13.3. The fraction of sp³-hybridized carbons (Fsp3) is 0.350. The molecule has 0 saturated heterocycles. The van der Waals surface area contributed by atoms with Crippen molar-refractivity contribution in [3.63, 3.8) is 0 Å². The summed E-state index contributed by atoms with van der Waals surface area (Å²) < 4.78 is 5.08. The second-order valence-electron chi connectivity index (χ2n) is 6.64. The van der Waals surface area contributed by atoms with Gasteiger partial charge >= 0.3 is 0 Å². The highest BCUT2D eigenvalue weighted by Gasteiger charge is 2.28. The molecule has 0 aliphatic rings. The van der Waals surface area contributed by atoms with Gasteiger partial charge in [-0.1, -0.05) is 19.9 Å². The van der Waals surface area contributed by atoms with Gasteiger partial charge in [0.2, 0.25) is 11.8 Å². The van der Waals surface area contributed by atoms with Gasteiger partial charge in [0.25, 0.3) is 5.91 Å². The summed E-state index contributed by atoms with van der Waals surface area (Å²) in [7, 11) is 3.11. The minimum Gasteiger partial charge on any atom is -0.497 e. The molecule has 2 N–H and O–H groups in total. The Kier molecular flexibility index (Phi) is 7.57. The van der Waals surface area contributed by atoms with Crippen molar-refractivity contribution in [1.29, 1.82) is 0 Å². The fourth-order valence-corrected chi connectivity index (χ4v) is 3.17. The first-order valence-electron chi connectivity index (χ1n) is 8.85. The van der Waals surface area contributed by atoms with E-state index in [0.29, 0.717) is 16.3 Å². The van der Waals surface area contributed by atoms with E-state index < -0.39 is 6.04 Å². The van der Waals surface area contributed by atoms with E-state index in [1.807, 2.05) is 13.8 Å². The topological polar surface area (TPSA) is 87.7 Å². The highest BCUT2D eigenvalue weighted by Crippen LogP contribution is 2.15. The van der Waals surface area contributed by atoms with Crippen molar-refractivity contribution in [3.05, 3.63) is 46.7 Å². The van der Waals surface area contributed by atoms with Crippen LogP contribution in [-0.2, 0) is 9.59 Å². The van der Waals surface area contributed by atoms with Crippen molar-refractivity contribution in [2.24, 2.45) is 5.92 Å². The number of benzene rings is 1. The molecule has 2 rings (SSSR count). The number of nitrogens with one attached hydrogen (secondary N) is 2. The number of amides is 3. The van der Waals surface area contributed by atoms with E-state index >= 15 is 0 Å². The maximum atomic E-state index is 12.8. The number of hydrogen-bond donors (Lipinski definition) is 2. The van der Waals surface area contributed by atoms with E-state index in [4.69, 9.17) is 4.74 Å². The summed E-state index contributed by atoms with van der Waals surface area (Å²) in [5.41, 5.74) is 0.609. The molecule has 0 saturated carbocycles. The van der Waals surface area contributed by atoms with E-state index in [9.17, 15) is 14.4 Å². The smallest absolute Gasteiger partial charge is 0.262 e. The van der Waals surface area contributed by atoms with Gasteiger partial charge in [-0.2, -0.15) is 0 Å². The molecule has 0 aliphatic carbocycles. The van der Waals surface area contributed by atoms with E-state index in [1.165, 1.54) is 16.2 Å². The zero-order valence-electron chi connectivity index (χ0n) is 16.4. The largest absolute Gasteiger partial charge is 0.497 e. The van der Waals surface area contributed by atoms with Crippen molar-refractivity contribution in [1.82, 2.24) is 10.2 Å². The number of methoxy groups -OCH3 is 1. The van der Waals surface area contributed by atoms with Crippen LogP contribution in [0.25, 0.3) is 0 Å². The van der Waals surface area contributed by atoms with Gasteiger partial charge in [0.05, 0.1) is 18.5 Å². The molecule has 1 aromatic heterocycles. The third-order valence-electron chi connectivity index (χ3n) is 4.10. The van der Waals surface area contributed by atoms with Crippen LogP contribution in [0.15, 0.2) is 41.8 Å². The van der Waals surface area contributed by atoms with E-state index in [0.717, 1.165) is 0 Å². The molecule has 28 heavy (non-hydrogen) atoms. The predicted molar refractivity (Wildman–Crippen MR) is 110 cm³/mol. The predicted octanol–water partition coefficient (Wildman–Crippen LogP) is 2.61. The Balaban J connectivity index is 1.95. The average molecular weight is 404 g/mol. The van der Waals surface area contributed by atoms with Crippen LogP contribution in [0, 0.1) is 5.92 Å². The Labute approximate surface area is 168 Å². The van der Waals surface area contributed by atoms with Crippen LogP contribution in [0.1, 0.15) is 23.5 Å². The summed E-state index contributed by atoms with van der Waals surface area (Å²) >= 11 is 1.31. The molecule has 0 radical (unpaired) electrons. The van der Waals surface area contributed by atoms with E-state index in [2.05, 4.69) is 10.6 Å². The molecular weight excluding hydrogens is 378 g/mol. The molecule has 1 aromatic carbocycles. The Bertz CT molecular complexity index is 803. The number of nitrogens with zero attached hydrogens (tertiary/aromatic N) is 1. The maximum Gasteiger partial charge on any atom is 0.262 e. The van der Waals surface area contributed by atoms with Gasteiger partial charge in [-0.25, -0.2) is 0 Å². The van der Waals surface area contributed by atoms with Crippen molar-refractivity contribution < 1.29 is 19.1 Å². The minimum atomic E-state index is -0.714. The van der Waals surface area contributed by atoms with Crippen LogP contribution in [0.4, 0.5) is 5.69 Å². The second-order valence-corrected chi connectivity index (χ2v) is 7.59. The lowest BCUT2D eigenvalue weighted by Crippen LogP contribution is -2.51. The zero-order chi connectivity index (χ0) is 20.7. The summed E-state index contributed by atoms with van der Waals surface area (Å²) in [6.07, 6.45) is 0. The third-order valence-corrected chi connectivity index (χ3v) is 4.96. The van der Waals surface area contributed by atoms with Gasteiger partial charge in [0.1, 0.15) is 11.8 Å². The van der Waals surface area contributed by atoms with Gasteiger partial charge in [0, 0.05) is 12.7 Å². The molecular formula is C20H25N3O4S. The Morgan fingerprint density at radius 2 is 1.82 bits per heavy atom. The summed E-state index contributed by atoms with van der Waals surface area (Å²) in [5, 5.41) is 7.31. The van der Waals surface area contributed by atoms with Crippen LogP contribution in [0.2, 0.25) is 0 Å². The van der Waals surface area contributed by atoms with Gasteiger partial charge in [0.15, 0.2) is 0 Å². The number of hydrogen-bond acceptors (Lipinski definition) is 5. The fourth-order valence-electron chi connectivity index (χ4n) is 2.54. The maximum absolute atomic E-state index is 12.8. The lowest BCUT2D eigenvalue weighted by atomic mass is 10.0. The SMILES string of the molecule is COc1ccc(NC(=O)CN(C)C(=O)C(NC(=O)c2cccs2)C(C)C)cc1. The molecule has 0 spiro atoms. The summed E-state index contributed by atoms with van der Waals surface area (Å²) in [6.45, 7) is 3.58. The normalized spacial score (nSPS) is 11.6. The standard InChI is InChI=1S/C20H25N3O4S/c1-13(2)18(22-19(25)16-6-5-11-28-16)20(26)23(3)12-17(24)21-14-7-9-15(27-4)10-8-14/h5-11,13,18H,12H2,1-4H3,(H,21,24)(H,22,25). The van der Waals surface area contributed by atoms with Crippen molar-refractivity contribution >= 4 is 34.7 Å². The molecule has 1 atom stereocenters. The summed E-state index contributed by atoms with van der Waals surface area (Å²) in [5.74, 6) is -0.369. The van der Waals surface area contributed by atoms with E-state index in [-0.39, 0.29) is 30.2 Å². The van der Waals surface area contributed by atoms with Crippen molar-refractivity contribution in [2.75, 3.05) is 26.0 Å². The quantitative estimate of drug-likeness (QED) is 0.709. The van der Waals surface area contributed by atoms with Crippen molar-refractivity contribution in [3.8, 4) is 5.75 Å². The third kappa shape index (κ3) is 5.82. The monoisotopic (exact) mass is 403 g/mol. The van der Waals surface area contributed by atoms with Crippen LogP contribution in [0.5, 0.6) is 5.75 Å². The molecule has 0 fully saturated rings. The molecule has 3 amide bonds. The van der Waals surface area contributed by atoms with Crippen LogP contribution in [-0.4, -0.2) is 49.4 Å². The number of thiophene rings is 1. The molecule has 0 bridgehead atoms. The summed E-state index contributed by atoms with van der Waals surface area (Å²) in [4.78, 5) is 39.2. The van der Waals surface area contributed by atoms with E-state index in [1.54, 1.807) is 55.9 Å². The lowest BCUT2D eigenvalue weighted by Gasteiger charge is -2.26. The van der Waals surface area contributed by atoms with Gasteiger partial charge in [-0.3, -0.25) is 14.4 Å².